The van der Waals surface area contributed by atoms with E-state index in [2.05, 4.69) is 21.1 Å². The molecule has 0 aliphatic rings. The van der Waals surface area contributed by atoms with Crippen LogP contribution >= 0.6 is 0 Å². The molecule has 10 heteroatoms. The molecular formula is C24H30N4O6. The average molecular weight is 471 g/mol. The van der Waals surface area contributed by atoms with Gasteiger partial charge in [-0.25, -0.2) is 10.9 Å². The van der Waals surface area contributed by atoms with Crippen LogP contribution in [-0.4, -0.2) is 52.7 Å². The van der Waals surface area contributed by atoms with Gasteiger partial charge in [0.15, 0.2) is 0 Å². The van der Waals surface area contributed by atoms with Gasteiger partial charge in [0.1, 0.15) is 23.0 Å². The van der Waals surface area contributed by atoms with Gasteiger partial charge in [-0.2, -0.15) is 10.2 Å². The lowest BCUT2D eigenvalue weighted by Gasteiger charge is -2.07. The van der Waals surface area contributed by atoms with Gasteiger partial charge in [0.25, 0.3) is 0 Å². The van der Waals surface area contributed by atoms with Crippen molar-refractivity contribution in [3.8, 4) is 23.0 Å². The van der Waals surface area contributed by atoms with Crippen molar-refractivity contribution in [3.63, 3.8) is 0 Å². The van der Waals surface area contributed by atoms with Gasteiger partial charge in [-0.1, -0.05) is 0 Å². The number of amides is 2. The van der Waals surface area contributed by atoms with Crippen LogP contribution in [0.2, 0.25) is 0 Å². The van der Waals surface area contributed by atoms with Crippen LogP contribution in [0.25, 0.3) is 0 Å². The largest absolute Gasteiger partial charge is 0.497 e. The topological polar surface area (TPSA) is 120 Å². The summed E-state index contributed by atoms with van der Waals surface area (Å²) in [6.45, 7) is 0. The van der Waals surface area contributed by atoms with E-state index >= 15 is 0 Å². The summed E-state index contributed by atoms with van der Waals surface area (Å²) in [5.41, 5.74) is 6.28. The first-order valence-corrected chi connectivity index (χ1v) is 10.6. The summed E-state index contributed by atoms with van der Waals surface area (Å²) in [5.74, 6) is 2.02. The third-order valence-corrected chi connectivity index (χ3v) is 4.72. The number of methoxy groups -OCH3 is 4. The molecule has 182 valence electrons. The van der Waals surface area contributed by atoms with Gasteiger partial charge in [0.05, 0.1) is 40.9 Å². The highest BCUT2D eigenvalue weighted by Gasteiger charge is 2.06. The smallest absolute Gasteiger partial charge is 0.240 e. The lowest BCUT2D eigenvalue weighted by atomic mass is 10.2. The minimum atomic E-state index is -0.248. The number of rotatable bonds is 13. The first-order valence-electron chi connectivity index (χ1n) is 10.6. The number of benzene rings is 2. The fourth-order valence-corrected chi connectivity index (χ4v) is 2.91. The van der Waals surface area contributed by atoms with Crippen molar-refractivity contribution in [2.45, 2.75) is 25.7 Å². The Labute approximate surface area is 198 Å². The predicted octanol–water partition coefficient (Wildman–Crippen LogP) is 2.88. The Bertz CT molecular complexity index is 941. The Kier molecular flexibility index (Phi) is 10.9. The summed E-state index contributed by atoms with van der Waals surface area (Å²) in [6, 6.07) is 10.5. The Morgan fingerprint density at radius 2 is 1.12 bits per heavy atom. The van der Waals surface area contributed by atoms with Crippen molar-refractivity contribution in [2.75, 3.05) is 28.4 Å². The van der Waals surface area contributed by atoms with Crippen LogP contribution in [0.15, 0.2) is 46.6 Å². The first-order chi connectivity index (χ1) is 16.5. The molecule has 0 radical (unpaired) electrons. The van der Waals surface area contributed by atoms with E-state index in [4.69, 9.17) is 18.9 Å². The number of hydrogen-bond acceptors (Lipinski definition) is 8. The molecule has 0 aromatic heterocycles. The average Bonchev–Trinajstić information content (AvgIpc) is 2.86. The number of nitrogens with zero attached hydrogens (tertiary/aromatic N) is 2. The lowest BCUT2D eigenvalue weighted by Crippen LogP contribution is -2.19. The second-order valence-electron chi connectivity index (χ2n) is 7.01. The van der Waals surface area contributed by atoms with Crippen LogP contribution in [0, 0.1) is 0 Å². The molecule has 10 nitrogen and oxygen atoms in total. The number of hydrazone groups is 2. The monoisotopic (exact) mass is 470 g/mol. The molecule has 0 fully saturated rings. The van der Waals surface area contributed by atoms with Gasteiger partial charge < -0.3 is 18.9 Å². The molecule has 0 aliphatic carbocycles. The molecule has 0 spiro atoms. The molecule has 2 amide bonds. The number of nitrogens with one attached hydrogen (secondary N) is 2. The number of unbranched alkanes of at least 4 members (excludes halogenated alkanes) is 1. The van der Waals surface area contributed by atoms with Gasteiger partial charge in [-0.15, -0.1) is 0 Å². The Morgan fingerprint density at radius 3 is 1.47 bits per heavy atom. The Hall–Kier alpha value is -4.08. The van der Waals surface area contributed by atoms with Gasteiger partial charge >= 0.3 is 0 Å². The van der Waals surface area contributed by atoms with Gasteiger partial charge in [0.2, 0.25) is 11.8 Å². The summed E-state index contributed by atoms with van der Waals surface area (Å²) >= 11 is 0. The maximum Gasteiger partial charge on any atom is 0.240 e. The minimum Gasteiger partial charge on any atom is -0.497 e. The molecule has 0 saturated carbocycles. The van der Waals surface area contributed by atoms with Crippen LogP contribution in [0.3, 0.4) is 0 Å². The highest BCUT2D eigenvalue weighted by molar-refractivity contribution is 5.86. The number of ether oxygens (including phenoxy) is 4. The zero-order valence-electron chi connectivity index (χ0n) is 19.8. The van der Waals surface area contributed by atoms with E-state index in [-0.39, 0.29) is 24.7 Å². The third-order valence-electron chi connectivity index (χ3n) is 4.72. The highest BCUT2D eigenvalue weighted by atomic mass is 16.5. The normalized spacial score (nSPS) is 10.8. The molecule has 0 unspecified atom stereocenters. The van der Waals surface area contributed by atoms with Crippen LogP contribution < -0.4 is 29.8 Å². The van der Waals surface area contributed by atoms with E-state index in [0.717, 1.165) is 0 Å². The summed E-state index contributed by atoms with van der Waals surface area (Å²) in [4.78, 5) is 23.9. The minimum absolute atomic E-state index is 0.240. The summed E-state index contributed by atoms with van der Waals surface area (Å²) in [7, 11) is 6.23. The van der Waals surface area contributed by atoms with E-state index in [1.54, 1.807) is 64.8 Å². The fraction of sp³-hybridized carbons (Fsp3) is 0.333. The Morgan fingerprint density at radius 1 is 0.706 bits per heavy atom. The number of hydrogen-bond donors (Lipinski definition) is 2. The predicted molar refractivity (Wildman–Crippen MR) is 129 cm³/mol. The van der Waals surface area contributed by atoms with Crippen molar-refractivity contribution in [1.82, 2.24) is 10.9 Å². The molecule has 2 N–H and O–H groups in total. The Balaban J connectivity index is 1.70. The van der Waals surface area contributed by atoms with Crippen LogP contribution in [0.4, 0.5) is 0 Å². The van der Waals surface area contributed by atoms with Crippen molar-refractivity contribution in [1.29, 1.82) is 0 Å². The molecule has 0 atom stereocenters. The van der Waals surface area contributed by atoms with Crippen molar-refractivity contribution < 1.29 is 28.5 Å². The van der Waals surface area contributed by atoms with Crippen LogP contribution in [-0.2, 0) is 9.59 Å². The summed E-state index contributed by atoms with van der Waals surface area (Å²) in [5, 5.41) is 7.91. The zero-order chi connectivity index (χ0) is 24.8. The standard InChI is InChI=1S/C24H30N4O6/c1-31-19-9-11-21(33-3)17(13-19)15-25-27-23(29)7-5-6-8-24(30)28-26-16-18-14-20(32-2)10-12-22(18)34-4/h9-16H,5-8H2,1-4H3,(H,27,29)(H,28,30). The maximum absolute atomic E-state index is 12.0. The fourth-order valence-electron chi connectivity index (χ4n) is 2.91. The molecule has 0 bridgehead atoms. The zero-order valence-corrected chi connectivity index (χ0v) is 19.8. The van der Waals surface area contributed by atoms with Crippen LogP contribution in [0.5, 0.6) is 23.0 Å². The van der Waals surface area contributed by atoms with E-state index < -0.39 is 0 Å². The maximum atomic E-state index is 12.0. The van der Waals surface area contributed by atoms with Crippen molar-refractivity contribution >= 4 is 24.2 Å². The summed E-state index contributed by atoms with van der Waals surface area (Å²) < 4.78 is 20.9. The van der Waals surface area contributed by atoms with Gasteiger partial charge in [0, 0.05) is 24.0 Å². The lowest BCUT2D eigenvalue weighted by molar-refractivity contribution is -0.123. The SMILES string of the molecule is COc1ccc(OC)c(C=NNC(=O)CCCCC(=O)NN=Cc2cc(OC)ccc2OC)c1. The van der Waals surface area contributed by atoms with E-state index in [1.807, 2.05) is 0 Å². The molecule has 34 heavy (non-hydrogen) atoms. The molecule has 2 aromatic rings. The van der Waals surface area contributed by atoms with E-state index in [9.17, 15) is 9.59 Å². The second kappa shape index (κ2) is 14.1. The van der Waals surface area contributed by atoms with Crippen molar-refractivity contribution in [3.05, 3.63) is 47.5 Å². The molecule has 2 aromatic carbocycles. The molecular weight excluding hydrogens is 440 g/mol. The van der Waals surface area contributed by atoms with Gasteiger partial charge in [-0.05, 0) is 49.2 Å². The van der Waals surface area contributed by atoms with E-state index in [0.29, 0.717) is 47.0 Å². The molecule has 0 saturated heterocycles. The molecule has 2 rings (SSSR count). The number of carbonyl (C=O) groups excluding carboxylic acids is 2. The van der Waals surface area contributed by atoms with Crippen molar-refractivity contribution in [2.24, 2.45) is 10.2 Å². The number of carbonyl (C=O) groups is 2. The van der Waals surface area contributed by atoms with Gasteiger partial charge in [-0.3, -0.25) is 9.59 Å². The quantitative estimate of drug-likeness (QED) is 0.264. The third kappa shape index (κ3) is 8.45. The first kappa shape index (κ1) is 26.2. The second-order valence-corrected chi connectivity index (χ2v) is 7.01. The van der Waals surface area contributed by atoms with E-state index in [1.165, 1.54) is 12.4 Å². The molecule has 0 heterocycles. The highest BCUT2D eigenvalue weighted by Crippen LogP contribution is 2.23. The van der Waals surface area contributed by atoms with Crippen LogP contribution in [0.1, 0.15) is 36.8 Å². The summed E-state index contributed by atoms with van der Waals surface area (Å²) in [6.07, 6.45) is 4.52. The molecule has 0 aliphatic heterocycles.